The van der Waals surface area contributed by atoms with Gasteiger partial charge in [-0.1, -0.05) is 18.2 Å². The van der Waals surface area contributed by atoms with Crippen molar-refractivity contribution in [3.05, 3.63) is 53.9 Å². The summed E-state index contributed by atoms with van der Waals surface area (Å²) in [6.07, 6.45) is 3.58. The van der Waals surface area contributed by atoms with Crippen molar-refractivity contribution < 1.29 is 4.84 Å². The molecular weight excluding hydrogens is 174 g/mol. The molecule has 0 spiro atoms. The first-order valence-corrected chi connectivity index (χ1v) is 4.56. The van der Waals surface area contributed by atoms with E-state index in [1.165, 1.54) is 0 Å². The number of para-hydroxylation sites is 1. The lowest BCUT2D eigenvalue weighted by Crippen LogP contribution is -2.03. The predicted octanol–water partition coefficient (Wildman–Crippen LogP) is 2.75. The fraction of sp³-hybridized carbons (Fsp3) is 0.167. The minimum absolute atomic E-state index is 0.914. The molecule has 0 saturated carbocycles. The Morgan fingerprint density at radius 2 is 1.93 bits per heavy atom. The van der Waals surface area contributed by atoms with Gasteiger partial charge in [-0.05, 0) is 31.0 Å². The van der Waals surface area contributed by atoms with Crippen LogP contribution in [0.4, 0.5) is 0 Å². The maximum atomic E-state index is 5.67. The molecule has 1 aromatic carbocycles. The quantitative estimate of drug-likeness (QED) is 0.703. The lowest BCUT2D eigenvalue weighted by atomic mass is 10.1. The van der Waals surface area contributed by atoms with Crippen LogP contribution in [0.1, 0.15) is 11.1 Å². The fourth-order valence-electron chi connectivity index (χ4n) is 1.38. The third kappa shape index (κ3) is 1.64. The molecule has 0 unspecified atom stereocenters. The number of aromatic nitrogens is 1. The number of hydrogen-bond acceptors (Lipinski definition) is 1. The number of benzene rings is 1. The maximum Gasteiger partial charge on any atom is 0.161 e. The summed E-state index contributed by atoms with van der Waals surface area (Å²) in [5, 5.41) is 0. The van der Waals surface area contributed by atoms with Crippen molar-refractivity contribution in [3.8, 4) is 5.75 Å². The van der Waals surface area contributed by atoms with Crippen molar-refractivity contribution in [3.63, 3.8) is 0 Å². The second-order valence-corrected chi connectivity index (χ2v) is 3.28. The van der Waals surface area contributed by atoms with Crippen LogP contribution in [-0.4, -0.2) is 4.73 Å². The minimum atomic E-state index is 0.914. The van der Waals surface area contributed by atoms with Gasteiger partial charge in [0.1, 0.15) is 0 Å². The summed E-state index contributed by atoms with van der Waals surface area (Å²) < 4.78 is 1.65. The third-order valence-corrected chi connectivity index (χ3v) is 2.12. The summed E-state index contributed by atoms with van der Waals surface area (Å²) in [5.74, 6) is 0.914. The van der Waals surface area contributed by atoms with Gasteiger partial charge in [0.2, 0.25) is 0 Å². The van der Waals surface area contributed by atoms with Crippen LogP contribution in [0.2, 0.25) is 0 Å². The lowest BCUT2D eigenvalue weighted by molar-refractivity contribution is 0.214. The molecule has 0 amide bonds. The molecule has 0 N–H and O–H groups in total. The van der Waals surface area contributed by atoms with Gasteiger partial charge in [0.15, 0.2) is 5.75 Å². The van der Waals surface area contributed by atoms with Crippen LogP contribution in [-0.2, 0) is 0 Å². The second kappa shape index (κ2) is 3.58. The lowest BCUT2D eigenvalue weighted by Gasteiger charge is -2.10. The average molecular weight is 186 g/mol. The van der Waals surface area contributed by atoms with E-state index in [-0.39, 0.29) is 0 Å². The van der Waals surface area contributed by atoms with E-state index in [4.69, 9.17) is 4.84 Å². The number of hydrogen-bond donors (Lipinski definition) is 0. The largest absolute Gasteiger partial charge is 0.375 e. The van der Waals surface area contributed by atoms with Gasteiger partial charge in [-0.2, -0.15) is 4.73 Å². The molecular formula is C12H12NO. The van der Waals surface area contributed by atoms with Crippen LogP contribution < -0.4 is 4.84 Å². The highest BCUT2D eigenvalue weighted by Gasteiger charge is 2.03. The first-order chi connectivity index (χ1) is 6.77. The maximum absolute atomic E-state index is 5.67. The first-order valence-electron chi connectivity index (χ1n) is 4.56. The van der Waals surface area contributed by atoms with Crippen LogP contribution in [0, 0.1) is 19.9 Å². The van der Waals surface area contributed by atoms with E-state index in [0.29, 0.717) is 0 Å². The van der Waals surface area contributed by atoms with Crippen molar-refractivity contribution in [1.82, 2.24) is 4.73 Å². The summed E-state index contributed by atoms with van der Waals surface area (Å²) in [5.41, 5.74) is 2.28. The highest BCUT2D eigenvalue weighted by Crippen LogP contribution is 2.22. The Hall–Kier alpha value is -1.70. The van der Waals surface area contributed by atoms with Crippen LogP contribution in [0.15, 0.2) is 36.7 Å². The first kappa shape index (κ1) is 8.88. The Balaban J connectivity index is 2.33. The molecule has 0 aliphatic carbocycles. The molecule has 1 heterocycles. The van der Waals surface area contributed by atoms with Crippen molar-refractivity contribution in [2.24, 2.45) is 0 Å². The van der Waals surface area contributed by atoms with E-state index in [1.807, 2.05) is 44.3 Å². The zero-order chi connectivity index (χ0) is 9.97. The number of rotatable bonds is 2. The SMILES string of the molecule is Cc1cccc(C)c1On1c[c]cc1. The van der Waals surface area contributed by atoms with Gasteiger partial charge in [0.05, 0.1) is 6.20 Å². The van der Waals surface area contributed by atoms with E-state index in [0.717, 1.165) is 16.9 Å². The molecule has 0 aliphatic rings. The van der Waals surface area contributed by atoms with Crippen LogP contribution in [0.3, 0.4) is 0 Å². The van der Waals surface area contributed by atoms with Crippen molar-refractivity contribution in [2.45, 2.75) is 13.8 Å². The van der Waals surface area contributed by atoms with Crippen molar-refractivity contribution in [2.75, 3.05) is 0 Å². The summed E-state index contributed by atoms with van der Waals surface area (Å²) in [6.45, 7) is 4.07. The molecule has 2 aromatic rings. The molecule has 1 aromatic heterocycles. The zero-order valence-electron chi connectivity index (χ0n) is 8.32. The minimum Gasteiger partial charge on any atom is -0.375 e. The standard InChI is InChI=1S/C12H12NO/c1-10-6-5-7-11(2)12(10)14-13-8-3-4-9-13/h3,5-9H,1-2H3. The topological polar surface area (TPSA) is 14.2 Å². The van der Waals surface area contributed by atoms with E-state index in [1.54, 1.807) is 10.9 Å². The Kier molecular flexibility index (Phi) is 2.27. The third-order valence-electron chi connectivity index (χ3n) is 2.12. The molecule has 14 heavy (non-hydrogen) atoms. The molecule has 2 heteroatoms. The van der Waals surface area contributed by atoms with E-state index >= 15 is 0 Å². The van der Waals surface area contributed by atoms with Gasteiger partial charge in [-0.3, -0.25) is 0 Å². The smallest absolute Gasteiger partial charge is 0.161 e. The summed E-state index contributed by atoms with van der Waals surface area (Å²) in [6, 6.07) is 10.8. The molecule has 0 atom stereocenters. The zero-order valence-corrected chi connectivity index (χ0v) is 8.32. The fourth-order valence-corrected chi connectivity index (χ4v) is 1.38. The molecule has 2 nitrogen and oxygen atoms in total. The summed E-state index contributed by atoms with van der Waals surface area (Å²) >= 11 is 0. The van der Waals surface area contributed by atoms with Crippen LogP contribution >= 0.6 is 0 Å². The second-order valence-electron chi connectivity index (χ2n) is 3.28. The number of aryl methyl sites for hydroxylation is 2. The Labute approximate surface area is 83.7 Å². The van der Waals surface area contributed by atoms with Crippen LogP contribution in [0.25, 0.3) is 0 Å². The van der Waals surface area contributed by atoms with Gasteiger partial charge in [0, 0.05) is 12.3 Å². The van der Waals surface area contributed by atoms with Crippen molar-refractivity contribution >= 4 is 0 Å². The Bertz CT molecular complexity index is 398. The van der Waals surface area contributed by atoms with Crippen LogP contribution in [0.5, 0.6) is 5.75 Å². The van der Waals surface area contributed by atoms with Gasteiger partial charge < -0.3 is 4.84 Å². The molecule has 0 fully saturated rings. The molecule has 0 bridgehead atoms. The summed E-state index contributed by atoms with van der Waals surface area (Å²) in [7, 11) is 0. The van der Waals surface area contributed by atoms with Gasteiger partial charge in [-0.25, -0.2) is 0 Å². The monoisotopic (exact) mass is 186 g/mol. The highest BCUT2D eigenvalue weighted by molar-refractivity contribution is 5.39. The van der Waals surface area contributed by atoms with Gasteiger partial charge in [-0.15, -0.1) is 0 Å². The Morgan fingerprint density at radius 3 is 2.50 bits per heavy atom. The summed E-state index contributed by atoms with van der Waals surface area (Å²) in [4.78, 5) is 5.67. The number of nitrogens with zero attached hydrogens (tertiary/aromatic N) is 1. The molecule has 1 radical (unpaired) electrons. The predicted molar refractivity (Wildman–Crippen MR) is 55.2 cm³/mol. The van der Waals surface area contributed by atoms with E-state index < -0.39 is 0 Å². The molecule has 0 aliphatic heterocycles. The van der Waals surface area contributed by atoms with Crippen molar-refractivity contribution in [1.29, 1.82) is 0 Å². The molecule has 71 valence electrons. The van der Waals surface area contributed by atoms with E-state index in [2.05, 4.69) is 6.07 Å². The normalized spacial score (nSPS) is 10.1. The molecule has 0 saturated heterocycles. The molecule has 2 rings (SSSR count). The average Bonchev–Trinajstić information content (AvgIpc) is 2.64. The Morgan fingerprint density at radius 1 is 1.21 bits per heavy atom. The van der Waals surface area contributed by atoms with Gasteiger partial charge >= 0.3 is 0 Å². The highest BCUT2D eigenvalue weighted by atomic mass is 16.7. The van der Waals surface area contributed by atoms with Gasteiger partial charge in [0.25, 0.3) is 0 Å². The van der Waals surface area contributed by atoms with E-state index in [9.17, 15) is 0 Å².